The van der Waals surface area contributed by atoms with Crippen molar-refractivity contribution in [1.29, 1.82) is 0 Å². The van der Waals surface area contributed by atoms with Gasteiger partial charge in [0.15, 0.2) is 0 Å². The minimum absolute atomic E-state index is 0. The second-order valence-corrected chi connectivity index (χ2v) is 6.84. The van der Waals surface area contributed by atoms with E-state index >= 15 is 0 Å². The number of nitrogens with one attached hydrogen (secondary N) is 2. The first-order valence-corrected chi connectivity index (χ1v) is 7.39. The highest BCUT2D eigenvalue weighted by Gasteiger charge is 2.26. The molecule has 8 heteroatoms. The molecule has 1 aliphatic heterocycles. The lowest BCUT2D eigenvalue weighted by molar-refractivity contribution is 0.0922. The quantitative estimate of drug-likeness (QED) is 0.769. The number of aromatic nitrogens is 1. The number of carbonyl (C=O) groups excluding carboxylic acids is 1. The van der Waals surface area contributed by atoms with Crippen LogP contribution in [0.3, 0.4) is 0 Å². The number of β-amino-alcohol motifs (C(OH)–C–C–N with tert-alkyl or cyclic N) is 1. The Morgan fingerprint density at radius 2 is 2.14 bits per heavy atom. The number of amides is 1. The van der Waals surface area contributed by atoms with Crippen molar-refractivity contribution in [1.82, 2.24) is 15.6 Å². The number of carbonyl (C=O) groups is 1. The number of nitrogens with zero attached hydrogens (tertiary/aromatic N) is 1. The number of halogens is 2. The summed E-state index contributed by atoms with van der Waals surface area (Å²) in [6, 6.07) is 0. The maximum Gasteiger partial charge on any atom is 0.270 e. The minimum Gasteiger partial charge on any atom is -0.391 e. The van der Waals surface area contributed by atoms with Gasteiger partial charge in [0.05, 0.1) is 11.1 Å². The van der Waals surface area contributed by atoms with Crippen LogP contribution in [0.1, 0.15) is 36.3 Å². The smallest absolute Gasteiger partial charge is 0.270 e. The van der Waals surface area contributed by atoms with Gasteiger partial charge in [0.2, 0.25) is 0 Å². The van der Waals surface area contributed by atoms with Gasteiger partial charge in [-0.15, -0.1) is 36.2 Å². The fourth-order valence-corrected chi connectivity index (χ4v) is 2.85. The van der Waals surface area contributed by atoms with Crippen molar-refractivity contribution >= 4 is 42.1 Å². The van der Waals surface area contributed by atoms with E-state index in [0.29, 0.717) is 18.8 Å². The Hall–Kier alpha value is -0.400. The molecule has 0 saturated carbocycles. The number of hydrogen-bond acceptors (Lipinski definition) is 5. The molecule has 0 bridgehead atoms. The molecule has 0 aliphatic carbocycles. The summed E-state index contributed by atoms with van der Waals surface area (Å²) in [5.41, 5.74) is 0.435. The van der Waals surface area contributed by atoms with Gasteiger partial charge in [-0.2, -0.15) is 0 Å². The van der Waals surface area contributed by atoms with Crippen LogP contribution in [0.5, 0.6) is 0 Å². The first-order chi connectivity index (χ1) is 8.88. The molecule has 1 aromatic rings. The molecule has 5 nitrogen and oxygen atoms in total. The zero-order valence-corrected chi connectivity index (χ0v) is 14.8. The molecule has 1 amide bonds. The summed E-state index contributed by atoms with van der Waals surface area (Å²) in [6.45, 7) is 8.06. The van der Waals surface area contributed by atoms with Crippen LogP contribution in [0.25, 0.3) is 0 Å². The molecule has 0 radical (unpaired) electrons. The van der Waals surface area contributed by atoms with Crippen molar-refractivity contribution in [3.05, 3.63) is 16.1 Å². The van der Waals surface area contributed by atoms with E-state index in [2.05, 4.69) is 36.4 Å². The van der Waals surface area contributed by atoms with Crippen LogP contribution in [0.15, 0.2) is 5.38 Å². The van der Waals surface area contributed by atoms with E-state index in [0.717, 1.165) is 11.6 Å². The van der Waals surface area contributed by atoms with Crippen LogP contribution >= 0.6 is 36.2 Å². The summed E-state index contributed by atoms with van der Waals surface area (Å²) in [6.07, 6.45) is -0.374. The molecular weight excluding hydrogens is 333 g/mol. The van der Waals surface area contributed by atoms with Gasteiger partial charge in [-0.25, -0.2) is 4.98 Å². The Balaban J connectivity index is 0.00000200. The lowest BCUT2D eigenvalue weighted by Gasteiger charge is -2.14. The summed E-state index contributed by atoms with van der Waals surface area (Å²) in [5.74, 6) is -0.0736. The maximum absolute atomic E-state index is 12.0. The highest BCUT2D eigenvalue weighted by atomic mass is 35.5. The highest BCUT2D eigenvalue weighted by Crippen LogP contribution is 2.25. The van der Waals surface area contributed by atoms with Gasteiger partial charge in [0.1, 0.15) is 5.69 Å². The minimum atomic E-state index is -0.374. The van der Waals surface area contributed by atoms with E-state index < -0.39 is 0 Å². The summed E-state index contributed by atoms with van der Waals surface area (Å²) in [4.78, 5) is 16.4. The van der Waals surface area contributed by atoms with Gasteiger partial charge in [-0.1, -0.05) is 20.8 Å². The fourth-order valence-electron chi connectivity index (χ4n) is 1.96. The molecule has 0 aromatic carbocycles. The van der Waals surface area contributed by atoms with Crippen LogP contribution in [-0.2, 0) is 5.41 Å². The van der Waals surface area contributed by atoms with Crippen molar-refractivity contribution in [2.24, 2.45) is 5.92 Å². The van der Waals surface area contributed by atoms with Crippen LogP contribution in [0, 0.1) is 5.92 Å². The predicted octanol–water partition coefficient (Wildman–Crippen LogP) is 1.59. The summed E-state index contributed by atoms with van der Waals surface area (Å²) >= 11 is 1.51. The second-order valence-electron chi connectivity index (χ2n) is 5.98. The summed E-state index contributed by atoms with van der Waals surface area (Å²) in [7, 11) is 0. The average molecular weight is 356 g/mol. The molecule has 21 heavy (non-hydrogen) atoms. The predicted molar refractivity (Wildman–Crippen MR) is 90.0 cm³/mol. The molecule has 122 valence electrons. The lowest BCUT2D eigenvalue weighted by atomic mass is 9.98. The van der Waals surface area contributed by atoms with E-state index in [1.165, 1.54) is 11.3 Å². The Kier molecular flexibility index (Phi) is 8.13. The molecule has 0 spiro atoms. The molecule has 1 aliphatic rings. The Morgan fingerprint density at radius 3 is 2.62 bits per heavy atom. The van der Waals surface area contributed by atoms with Crippen LogP contribution < -0.4 is 10.6 Å². The molecule has 2 rings (SSSR count). The molecule has 1 fully saturated rings. The van der Waals surface area contributed by atoms with Crippen molar-refractivity contribution in [3.63, 3.8) is 0 Å². The third-order valence-electron chi connectivity index (χ3n) is 3.21. The first kappa shape index (κ1) is 20.6. The van der Waals surface area contributed by atoms with Gasteiger partial charge >= 0.3 is 0 Å². The second kappa shape index (κ2) is 8.29. The monoisotopic (exact) mass is 355 g/mol. The van der Waals surface area contributed by atoms with Crippen molar-refractivity contribution in [2.45, 2.75) is 32.3 Å². The molecule has 1 saturated heterocycles. The van der Waals surface area contributed by atoms with E-state index in [1.807, 2.05) is 0 Å². The standard InChI is InChI=1S/C13H21N3O2S.2ClH/c1-13(2,3)12-16-9(7-19-12)11(18)15-5-8-4-14-6-10(8)17;;/h7-8,10,14,17H,4-6H2,1-3H3,(H,15,18);2*1H. The molecule has 1 aromatic heterocycles. The van der Waals surface area contributed by atoms with E-state index in [4.69, 9.17) is 0 Å². The third-order valence-corrected chi connectivity index (χ3v) is 4.48. The topological polar surface area (TPSA) is 74.2 Å². The summed E-state index contributed by atoms with van der Waals surface area (Å²) in [5, 5.41) is 18.3. The Morgan fingerprint density at radius 1 is 1.48 bits per heavy atom. The largest absolute Gasteiger partial charge is 0.391 e. The zero-order valence-electron chi connectivity index (χ0n) is 12.4. The van der Waals surface area contributed by atoms with Gasteiger partial charge in [0, 0.05) is 36.3 Å². The zero-order chi connectivity index (χ0) is 14.0. The van der Waals surface area contributed by atoms with Crippen LogP contribution in [-0.4, -0.2) is 41.7 Å². The van der Waals surface area contributed by atoms with E-state index in [1.54, 1.807) is 5.38 Å². The van der Waals surface area contributed by atoms with Crippen LogP contribution in [0.2, 0.25) is 0 Å². The Labute approximate surface area is 141 Å². The van der Waals surface area contributed by atoms with E-state index in [9.17, 15) is 9.90 Å². The van der Waals surface area contributed by atoms with Gasteiger partial charge in [-0.05, 0) is 0 Å². The Bertz CT molecular complexity index is 463. The molecule has 2 unspecified atom stereocenters. The molecule has 2 atom stereocenters. The lowest BCUT2D eigenvalue weighted by Crippen LogP contribution is -2.34. The SMILES string of the molecule is CC(C)(C)c1nc(C(=O)NCC2CNCC2O)cs1.Cl.Cl. The summed E-state index contributed by atoms with van der Waals surface area (Å²) < 4.78 is 0. The molecule has 3 N–H and O–H groups in total. The van der Waals surface area contributed by atoms with Gasteiger partial charge in [0.25, 0.3) is 5.91 Å². The highest BCUT2D eigenvalue weighted by molar-refractivity contribution is 7.10. The molecular formula is C13H23Cl2N3O2S. The number of rotatable bonds is 3. The van der Waals surface area contributed by atoms with E-state index in [-0.39, 0.29) is 48.2 Å². The number of aliphatic hydroxyl groups excluding tert-OH is 1. The van der Waals surface area contributed by atoms with Gasteiger partial charge in [-0.3, -0.25) is 4.79 Å². The average Bonchev–Trinajstić information content (AvgIpc) is 2.93. The van der Waals surface area contributed by atoms with Crippen molar-refractivity contribution < 1.29 is 9.90 Å². The number of thiazole rings is 1. The molecule has 2 heterocycles. The van der Waals surface area contributed by atoms with Crippen LogP contribution in [0.4, 0.5) is 0 Å². The maximum atomic E-state index is 12.0. The number of hydrogen-bond donors (Lipinski definition) is 3. The number of aliphatic hydroxyl groups is 1. The first-order valence-electron chi connectivity index (χ1n) is 6.51. The fraction of sp³-hybridized carbons (Fsp3) is 0.692. The normalized spacial score (nSPS) is 21.3. The van der Waals surface area contributed by atoms with Crippen molar-refractivity contribution in [2.75, 3.05) is 19.6 Å². The van der Waals surface area contributed by atoms with Crippen molar-refractivity contribution in [3.8, 4) is 0 Å². The van der Waals surface area contributed by atoms with Gasteiger partial charge < -0.3 is 15.7 Å². The third kappa shape index (κ3) is 5.38.